The van der Waals surface area contributed by atoms with Gasteiger partial charge in [-0.05, 0) is 5.56 Å². The molecule has 1 rings (SSSR count). The number of alkyl halides is 3. The zero-order valence-electron chi connectivity index (χ0n) is 7.26. The van der Waals surface area contributed by atoms with Gasteiger partial charge in [-0.25, -0.2) is 0 Å². The molecule has 0 fully saturated rings. The first-order chi connectivity index (χ1) is 6.47. The molecule has 0 aliphatic rings. The highest BCUT2D eigenvalue weighted by Crippen LogP contribution is 2.18. The Morgan fingerprint density at radius 2 is 1.64 bits per heavy atom. The van der Waals surface area contributed by atoms with E-state index in [1.807, 2.05) is 0 Å². The van der Waals surface area contributed by atoms with Crippen molar-refractivity contribution in [3.8, 4) is 0 Å². The molecule has 1 aromatic carbocycles. The van der Waals surface area contributed by atoms with Gasteiger partial charge in [-0.1, -0.05) is 30.3 Å². The van der Waals surface area contributed by atoms with E-state index in [0.29, 0.717) is 5.56 Å². The molecule has 0 amide bonds. The van der Waals surface area contributed by atoms with E-state index < -0.39 is 12.7 Å². The predicted molar refractivity (Wildman–Crippen MR) is 44.0 cm³/mol. The molecule has 0 spiro atoms. The second kappa shape index (κ2) is 4.41. The van der Waals surface area contributed by atoms with Crippen LogP contribution in [-0.4, -0.2) is 17.8 Å². The number of hydrogen-bond acceptors (Lipinski definition) is 1. The normalized spacial score (nSPS) is 12.1. The third kappa shape index (κ3) is 4.23. The van der Waals surface area contributed by atoms with Crippen LogP contribution in [0.5, 0.6) is 0 Å². The van der Waals surface area contributed by atoms with Gasteiger partial charge in [-0.15, -0.1) is 9.60 Å². The van der Waals surface area contributed by atoms with Crippen molar-refractivity contribution in [3.05, 3.63) is 35.9 Å². The van der Waals surface area contributed by atoms with Gasteiger partial charge in [0.25, 0.3) is 0 Å². The first-order valence-corrected chi connectivity index (χ1v) is 3.99. The molecule has 0 saturated heterocycles. The van der Waals surface area contributed by atoms with Crippen molar-refractivity contribution >= 4 is 0 Å². The molecule has 0 heterocycles. The predicted octanol–water partition coefficient (Wildman–Crippen LogP) is 2.94. The van der Waals surface area contributed by atoms with E-state index in [9.17, 15) is 17.7 Å². The molecule has 1 nitrogen and oxygen atoms in total. The molecule has 0 radical (unpaired) electrons. The molecule has 0 saturated carbocycles. The largest absolute Gasteiger partial charge is 0.403 e. The van der Waals surface area contributed by atoms with Crippen molar-refractivity contribution < 1.29 is 17.7 Å². The summed E-state index contributed by atoms with van der Waals surface area (Å²) in [7, 11) is 0. The molecule has 1 aromatic rings. The molecular weight excluding hydrogens is 198 g/mol. The molecule has 0 atom stereocenters. The van der Waals surface area contributed by atoms with Crippen LogP contribution in [0.25, 0.3) is 0 Å². The quantitative estimate of drug-likeness (QED) is 0.544. The Balaban J connectivity index is 2.46. The average molecular weight is 207 g/mol. The Labute approximate surface area is 78.9 Å². The lowest BCUT2D eigenvalue weighted by molar-refractivity contribution is -0.179. The van der Waals surface area contributed by atoms with Gasteiger partial charge < -0.3 is 0 Å². The van der Waals surface area contributed by atoms with Crippen molar-refractivity contribution in [2.75, 3.05) is 6.54 Å². The monoisotopic (exact) mass is 207 g/mol. The highest BCUT2D eigenvalue weighted by molar-refractivity contribution is 5.14. The average Bonchev–Trinajstić information content (AvgIpc) is 2.02. The minimum absolute atomic E-state index is 0.255. The standard InChI is InChI=1S/C9H9F4N/c10-9(11,12)7-14(13)6-8-4-2-1-3-5-8/h1-5H,6-7H2. The topological polar surface area (TPSA) is 3.24 Å². The fourth-order valence-corrected chi connectivity index (χ4v) is 1.03. The van der Waals surface area contributed by atoms with Gasteiger partial charge in [0, 0.05) is 0 Å². The number of benzene rings is 1. The molecule has 0 aliphatic heterocycles. The first-order valence-electron chi connectivity index (χ1n) is 3.99. The number of rotatable bonds is 3. The SMILES string of the molecule is FN(Cc1ccccc1)CC(F)(F)F. The molecule has 0 unspecified atom stereocenters. The van der Waals surface area contributed by atoms with Gasteiger partial charge in [0.05, 0.1) is 6.54 Å². The minimum atomic E-state index is -4.50. The first kappa shape index (κ1) is 11.0. The van der Waals surface area contributed by atoms with Crippen LogP contribution in [0, 0.1) is 0 Å². The maximum atomic E-state index is 12.7. The Morgan fingerprint density at radius 3 is 2.14 bits per heavy atom. The molecule has 0 bridgehead atoms. The molecule has 0 N–H and O–H groups in total. The summed E-state index contributed by atoms with van der Waals surface area (Å²) in [6, 6.07) is 8.16. The lowest BCUT2D eigenvalue weighted by Gasteiger charge is -2.13. The number of hydrogen-bond donors (Lipinski definition) is 0. The van der Waals surface area contributed by atoms with Crippen molar-refractivity contribution in [1.82, 2.24) is 5.12 Å². The Morgan fingerprint density at radius 1 is 1.07 bits per heavy atom. The summed E-state index contributed by atoms with van der Waals surface area (Å²) in [5.41, 5.74) is 0.513. The zero-order valence-corrected chi connectivity index (χ0v) is 7.26. The van der Waals surface area contributed by atoms with Crippen LogP contribution in [0.15, 0.2) is 30.3 Å². The fourth-order valence-electron chi connectivity index (χ4n) is 1.03. The number of halogens is 4. The zero-order chi connectivity index (χ0) is 10.6. The highest BCUT2D eigenvalue weighted by Gasteiger charge is 2.30. The summed E-state index contributed by atoms with van der Waals surface area (Å²) in [6.07, 6.45) is -4.50. The van der Waals surface area contributed by atoms with E-state index in [4.69, 9.17) is 0 Å². The third-order valence-corrected chi connectivity index (χ3v) is 1.55. The van der Waals surface area contributed by atoms with E-state index >= 15 is 0 Å². The van der Waals surface area contributed by atoms with Crippen LogP contribution in [-0.2, 0) is 6.54 Å². The van der Waals surface area contributed by atoms with E-state index in [1.54, 1.807) is 30.3 Å². The lowest BCUT2D eigenvalue weighted by atomic mass is 10.2. The van der Waals surface area contributed by atoms with E-state index in [-0.39, 0.29) is 11.7 Å². The van der Waals surface area contributed by atoms with Crippen LogP contribution in [0.2, 0.25) is 0 Å². The molecule has 78 valence electrons. The molecule has 0 aromatic heterocycles. The van der Waals surface area contributed by atoms with Gasteiger partial charge in [0.1, 0.15) is 6.54 Å². The highest BCUT2D eigenvalue weighted by atomic mass is 19.4. The Bertz CT molecular complexity index is 270. The van der Waals surface area contributed by atoms with Crippen LogP contribution < -0.4 is 0 Å². The van der Waals surface area contributed by atoms with Gasteiger partial charge in [0.15, 0.2) is 0 Å². The second-order valence-electron chi connectivity index (χ2n) is 2.88. The second-order valence-corrected chi connectivity index (χ2v) is 2.88. The van der Waals surface area contributed by atoms with Crippen LogP contribution >= 0.6 is 0 Å². The Hall–Kier alpha value is -1.10. The van der Waals surface area contributed by atoms with Crippen molar-refractivity contribution in [1.29, 1.82) is 0 Å². The van der Waals surface area contributed by atoms with E-state index in [1.165, 1.54) is 0 Å². The lowest BCUT2D eigenvalue weighted by Crippen LogP contribution is -2.27. The maximum absolute atomic E-state index is 12.7. The summed E-state index contributed by atoms with van der Waals surface area (Å²) in [5.74, 6) is 0. The minimum Gasteiger partial charge on any atom is -0.170 e. The van der Waals surface area contributed by atoms with Crippen molar-refractivity contribution in [3.63, 3.8) is 0 Å². The van der Waals surface area contributed by atoms with Crippen LogP contribution in [0.4, 0.5) is 17.7 Å². The maximum Gasteiger partial charge on any atom is 0.403 e. The smallest absolute Gasteiger partial charge is 0.170 e. The summed E-state index contributed by atoms with van der Waals surface area (Å²) in [6.45, 7) is -1.89. The van der Waals surface area contributed by atoms with Gasteiger partial charge in [-0.2, -0.15) is 13.2 Å². The fraction of sp³-hybridized carbons (Fsp3) is 0.333. The summed E-state index contributed by atoms with van der Waals surface area (Å²) in [4.78, 5) is 0. The van der Waals surface area contributed by atoms with Crippen LogP contribution in [0.3, 0.4) is 0 Å². The third-order valence-electron chi connectivity index (χ3n) is 1.55. The van der Waals surface area contributed by atoms with Gasteiger partial charge in [0.2, 0.25) is 0 Å². The number of nitrogens with zero attached hydrogens (tertiary/aromatic N) is 1. The van der Waals surface area contributed by atoms with Crippen molar-refractivity contribution in [2.24, 2.45) is 0 Å². The summed E-state index contributed by atoms with van der Waals surface area (Å²) in [5, 5.41) is -0.255. The summed E-state index contributed by atoms with van der Waals surface area (Å²) < 4.78 is 47.9. The molecule has 5 heteroatoms. The molecule has 14 heavy (non-hydrogen) atoms. The van der Waals surface area contributed by atoms with Gasteiger partial charge >= 0.3 is 6.18 Å². The van der Waals surface area contributed by atoms with Crippen LogP contribution in [0.1, 0.15) is 5.56 Å². The van der Waals surface area contributed by atoms with Crippen molar-refractivity contribution in [2.45, 2.75) is 12.7 Å². The van der Waals surface area contributed by atoms with Gasteiger partial charge in [-0.3, -0.25) is 0 Å². The molecular formula is C9H9F4N. The molecule has 0 aliphatic carbocycles. The Kier molecular flexibility index (Phi) is 3.46. The van der Waals surface area contributed by atoms with E-state index in [2.05, 4.69) is 0 Å². The summed E-state index contributed by atoms with van der Waals surface area (Å²) >= 11 is 0. The van der Waals surface area contributed by atoms with E-state index in [0.717, 1.165) is 0 Å².